The standard InChI is InChI=1S/C17H24ClN3O3S/c18-15-3-1-14(2-4-15)5-7-19-17(22)21-10-8-20(9-11-21)16-6-12-25(23,24)13-16/h1-4,16H,5-13H2,(H,19,22). The van der Waals surface area contributed by atoms with Crippen LogP contribution in [0.15, 0.2) is 24.3 Å². The molecule has 2 aliphatic rings. The minimum atomic E-state index is -2.86. The summed E-state index contributed by atoms with van der Waals surface area (Å²) >= 11 is 5.86. The lowest BCUT2D eigenvalue weighted by Crippen LogP contribution is -2.54. The Morgan fingerprint density at radius 2 is 1.84 bits per heavy atom. The fourth-order valence-corrected chi connectivity index (χ4v) is 5.32. The van der Waals surface area contributed by atoms with Crippen LogP contribution in [0.25, 0.3) is 0 Å². The Balaban J connectivity index is 1.39. The third kappa shape index (κ3) is 5.09. The average molecular weight is 386 g/mol. The van der Waals surface area contributed by atoms with Gasteiger partial charge in [0.15, 0.2) is 9.84 Å². The molecular weight excluding hydrogens is 362 g/mol. The van der Waals surface area contributed by atoms with E-state index in [2.05, 4.69) is 10.2 Å². The predicted octanol–water partition coefficient (Wildman–Crippen LogP) is 1.40. The van der Waals surface area contributed by atoms with Gasteiger partial charge >= 0.3 is 6.03 Å². The van der Waals surface area contributed by atoms with E-state index in [4.69, 9.17) is 11.6 Å². The zero-order valence-corrected chi connectivity index (χ0v) is 15.7. The number of carbonyl (C=O) groups excluding carboxylic acids is 1. The second-order valence-electron chi connectivity index (χ2n) is 6.69. The number of amides is 2. The third-order valence-electron chi connectivity index (χ3n) is 4.93. The van der Waals surface area contributed by atoms with Gasteiger partial charge in [-0.2, -0.15) is 0 Å². The highest BCUT2D eigenvalue weighted by Gasteiger charge is 2.34. The Labute approximate surface area is 154 Å². The highest BCUT2D eigenvalue weighted by Crippen LogP contribution is 2.19. The maximum atomic E-state index is 12.3. The summed E-state index contributed by atoms with van der Waals surface area (Å²) in [7, 11) is -2.86. The van der Waals surface area contributed by atoms with Gasteiger partial charge in [0.2, 0.25) is 0 Å². The second-order valence-corrected chi connectivity index (χ2v) is 9.35. The van der Waals surface area contributed by atoms with E-state index in [1.54, 1.807) is 0 Å². The predicted molar refractivity (Wildman–Crippen MR) is 98.8 cm³/mol. The third-order valence-corrected chi connectivity index (χ3v) is 6.93. The molecule has 2 amide bonds. The Morgan fingerprint density at radius 3 is 2.44 bits per heavy atom. The summed E-state index contributed by atoms with van der Waals surface area (Å²) in [5, 5.41) is 3.66. The smallest absolute Gasteiger partial charge is 0.317 e. The molecule has 0 radical (unpaired) electrons. The van der Waals surface area contributed by atoms with Crippen molar-refractivity contribution >= 4 is 27.5 Å². The summed E-state index contributed by atoms with van der Waals surface area (Å²) < 4.78 is 23.2. The Morgan fingerprint density at radius 1 is 1.16 bits per heavy atom. The fourth-order valence-electron chi connectivity index (χ4n) is 3.43. The molecule has 25 heavy (non-hydrogen) atoms. The van der Waals surface area contributed by atoms with Crippen molar-refractivity contribution in [3.8, 4) is 0 Å². The number of halogens is 1. The lowest BCUT2D eigenvalue weighted by atomic mass is 10.1. The molecule has 0 bridgehead atoms. The van der Waals surface area contributed by atoms with Gasteiger partial charge in [-0.05, 0) is 30.5 Å². The van der Waals surface area contributed by atoms with Crippen LogP contribution in [0, 0.1) is 0 Å². The molecule has 1 aromatic carbocycles. The van der Waals surface area contributed by atoms with Crippen molar-refractivity contribution < 1.29 is 13.2 Å². The van der Waals surface area contributed by atoms with Crippen LogP contribution in [0.1, 0.15) is 12.0 Å². The van der Waals surface area contributed by atoms with E-state index >= 15 is 0 Å². The van der Waals surface area contributed by atoms with E-state index in [9.17, 15) is 13.2 Å². The number of rotatable bonds is 4. The van der Waals surface area contributed by atoms with Gasteiger partial charge in [0.1, 0.15) is 0 Å². The number of benzene rings is 1. The van der Waals surface area contributed by atoms with Gasteiger partial charge in [0, 0.05) is 43.8 Å². The summed E-state index contributed by atoms with van der Waals surface area (Å²) in [6.07, 6.45) is 1.48. The van der Waals surface area contributed by atoms with Crippen molar-refractivity contribution in [2.45, 2.75) is 18.9 Å². The van der Waals surface area contributed by atoms with Gasteiger partial charge < -0.3 is 10.2 Å². The van der Waals surface area contributed by atoms with Gasteiger partial charge in [-0.1, -0.05) is 23.7 Å². The quantitative estimate of drug-likeness (QED) is 0.850. The van der Waals surface area contributed by atoms with Crippen molar-refractivity contribution in [3.63, 3.8) is 0 Å². The van der Waals surface area contributed by atoms with Crippen LogP contribution < -0.4 is 5.32 Å². The van der Waals surface area contributed by atoms with Gasteiger partial charge in [0.25, 0.3) is 0 Å². The number of carbonyl (C=O) groups is 1. The first-order valence-electron chi connectivity index (χ1n) is 8.65. The maximum Gasteiger partial charge on any atom is 0.317 e. The first-order valence-corrected chi connectivity index (χ1v) is 10.8. The molecule has 3 rings (SSSR count). The molecule has 0 spiro atoms. The van der Waals surface area contributed by atoms with Crippen LogP contribution in [-0.4, -0.2) is 74.5 Å². The Hall–Kier alpha value is -1.31. The largest absolute Gasteiger partial charge is 0.338 e. The van der Waals surface area contributed by atoms with Crippen molar-refractivity contribution in [1.29, 1.82) is 0 Å². The van der Waals surface area contributed by atoms with E-state index < -0.39 is 9.84 Å². The van der Waals surface area contributed by atoms with Gasteiger partial charge in [0.05, 0.1) is 11.5 Å². The maximum absolute atomic E-state index is 12.3. The number of nitrogens with zero attached hydrogens (tertiary/aromatic N) is 2. The molecule has 2 saturated heterocycles. The zero-order valence-electron chi connectivity index (χ0n) is 14.2. The van der Waals surface area contributed by atoms with Crippen LogP contribution in [0.4, 0.5) is 4.79 Å². The topological polar surface area (TPSA) is 69.7 Å². The van der Waals surface area contributed by atoms with Gasteiger partial charge in [-0.25, -0.2) is 13.2 Å². The molecule has 1 N–H and O–H groups in total. The monoisotopic (exact) mass is 385 g/mol. The normalized spacial score (nSPS) is 23.6. The molecule has 2 fully saturated rings. The van der Waals surface area contributed by atoms with Gasteiger partial charge in [-0.3, -0.25) is 4.90 Å². The summed E-state index contributed by atoms with van der Waals surface area (Å²) in [6.45, 7) is 3.35. The minimum Gasteiger partial charge on any atom is -0.338 e. The molecule has 0 aromatic heterocycles. The van der Waals surface area contributed by atoms with Crippen LogP contribution in [0.3, 0.4) is 0 Å². The minimum absolute atomic E-state index is 0.0485. The van der Waals surface area contributed by atoms with Crippen molar-refractivity contribution in [1.82, 2.24) is 15.1 Å². The molecule has 6 nitrogen and oxygen atoms in total. The lowest BCUT2D eigenvalue weighted by molar-refractivity contribution is 0.116. The van der Waals surface area contributed by atoms with Gasteiger partial charge in [-0.15, -0.1) is 0 Å². The van der Waals surface area contributed by atoms with Crippen LogP contribution >= 0.6 is 11.6 Å². The number of piperazine rings is 1. The molecule has 1 atom stereocenters. The molecule has 2 aliphatic heterocycles. The number of nitrogens with one attached hydrogen (secondary N) is 1. The number of hydrogen-bond acceptors (Lipinski definition) is 4. The lowest BCUT2D eigenvalue weighted by Gasteiger charge is -2.37. The van der Waals surface area contributed by atoms with E-state index in [1.165, 1.54) is 0 Å². The Kier molecular flexibility index (Phi) is 5.86. The molecule has 8 heteroatoms. The molecule has 0 aliphatic carbocycles. The Bertz CT molecular complexity index is 700. The molecular formula is C17H24ClN3O3S. The highest BCUT2D eigenvalue weighted by atomic mass is 35.5. The summed E-state index contributed by atoms with van der Waals surface area (Å²) in [6, 6.07) is 7.70. The van der Waals surface area contributed by atoms with E-state index in [0.29, 0.717) is 30.4 Å². The number of urea groups is 1. The van der Waals surface area contributed by atoms with E-state index in [1.807, 2.05) is 29.2 Å². The van der Waals surface area contributed by atoms with Crippen molar-refractivity contribution in [2.24, 2.45) is 0 Å². The van der Waals surface area contributed by atoms with Crippen LogP contribution in [0.5, 0.6) is 0 Å². The summed E-state index contributed by atoms with van der Waals surface area (Å²) in [5.74, 6) is 0.559. The van der Waals surface area contributed by atoms with Crippen molar-refractivity contribution in [2.75, 3.05) is 44.2 Å². The summed E-state index contributed by atoms with van der Waals surface area (Å²) in [4.78, 5) is 16.3. The molecule has 1 unspecified atom stereocenters. The highest BCUT2D eigenvalue weighted by molar-refractivity contribution is 7.91. The van der Waals surface area contributed by atoms with E-state index in [-0.39, 0.29) is 17.8 Å². The summed E-state index contributed by atoms with van der Waals surface area (Å²) in [5.41, 5.74) is 1.14. The number of sulfone groups is 1. The zero-order chi connectivity index (χ0) is 17.9. The van der Waals surface area contributed by atoms with Crippen LogP contribution in [-0.2, 0) is 16.3 Å². The first kappa shape index (κ1) is 18.5. The fraction of sp³-hybridized carbons (Fsp3) is 0.588. The molecule has 138 valence electrons. The number of hydrogen-bond donors (Lipinski definition) is 1. The first-order chi connectivity index (χ1) is 11.9. The molecule has 1 aromatic rings. The van der Waals surface area contributed by atoms with Crippen LogP contribution in [0.2, 0.25) is 5.02 Å². The van der Waals surface area contributed by atoms with E-state index in [0.717, 1.165) is 31.5 Å². The second kappa shape index (κ2) is 7.93. The molecule has 2 heterocycles. The molecule has 0 saturated carbocycles. The SMILES string of the molecule is O=C(NCCc1ccc(Cl)cc1)N1CCN(C2CCS(=O)(=O)C2)CC1. The van der Waals surface area contributed by atoms with Crippen molar-refractivity contribution in [3.05, 3.63) is 34.9 Å². The average Bonchev–Trinajstić information content (AvgIpc) is 2.97.